The van der Waals surface area contributed by atoms with Gasteiger partial charge in [0, 0.05) is 25.4 Å². The molecule has 1 aromatic rings. The molecule has 0 radical (unpaired) electrons. The molecule has 0 bridgehead atoms. The van der Waals surface area contributed by atoms with Gasteiger partial charge in [-0.3, -0.25) is 0 Å². The molecule has 0 atom stereocenters. The normalized spacial score (nSPS) is 10.6. The number of alkyl halides is 2. The molecule has 0 aliphatic rings. The lowest BCUT2D eigenvalue weighted by Crippen LogP contribution is -2.11. The van der Waals surface area contributed by atoms with Crippen molar-refractivity contribution in [2.24, 2.45) is 0 Å². The summed E-state index contributed by atoms with van der Waals surface area (Å²) in [6.07, 6.45) is -1.18. The van der Waals surface area contributed by atoms with E-state index in [0.717, 1.165) is 0 Å². The molecule has 0 aliphatic heterocycles. The SMILES string of the molecule is CNCc1cnc(NC)nc1C(F)F. The van der Waals surface area contributed by atoms with E-state index in [1.165, 1.54) is 6.20 Å². The summed E-state index contributed by atoms with van der Waals surface area (Å²) >= 11 is 0. The van der Waals surface area contributed by atoms with Gasteiger partial charge in [0.25, 0.3) is 6.43 Å². The Balaban J connectivity index is 3.03. The van der Waals surface area contributed by atoms with Crippen LogP contribution >= 0.6 is 0 Å². The van der Waals surface area contributed by atoms with Crippen molar-refractivity contribution < 1.29 is 8.78 Å². The zero-order valence-electron chi connectivity index (χ0n) is 8.01. The van der Waals surface area contributed by atoms with Crippen molar-refractivity contribution in [2.75, 3.05) is 19.4 Å². The third-order valence-electron chi connectivity index (χ3n) is 1.70. The quantitative estimate of drug-likeness (QED) is 0.769. The summed E-state index contributed by atoms with van der Waals surface area (Å²) in [4.78, 5) is 7.56. The summed E-state index contributed by atoms with van der Waals surface area (Å²) in [7, 11) is 3.27. The molecule has 0 amide bonds. The maximum Gasteiger partial charge on any atom is 0.280 e. The minimum Gasteiger partial charge on any atom is -0.357 e. The predicted octanol–water partition coefficient (Wildman–Crippen LogP) is 1.18. The van der Waals surface area contributed by atoms with Gasteiger partial charge in [-0.1, -0.05) is 0 Å². The minimum absolute atomic E-state index is 0.208. The van der Waals surface area contributed by atoms with Gasteiger partial charge in [-0.2, -0.15) is 0 Å². The molecule has 1 aromatic heterocycles. The van der Waals surface area contributed by atoms with Gasteiger partial charge in [0.2, 0.25) is 5.95 Å². The van der Waals surface area contributed by atoms with Gasteiger partial charge >= 0.3 is 0 Å². The van der Waals surface area contributed by atoms with Crippen molar-refractivity contribution in [3.8, 4) is 0 Å². The van der Waals surface area contributed by atoms with Crippen LogP contribution in [0.25, 0.3) is 0 Å². The zero-order valence-corrected chi connectivity index (χ0v) is 8.01. The lowest BCUT2D eigenvalue weighted by molar-refractivity contribution is 0.144. The molecular weight excluding hydrogens is 190 g/mol. The first kappa shape index (κ1) is 10.8. The Bertz CT molecular complexity index is 303. The molecule has 0 aliphatic carbocycles. The van der Waals surface area contributed by atoms with Gasteiger partial charge in [0.15, 0.2) is 0 Å². The third kappa shape index (κ3) is 2.35. The van der Waals surface area contributed by atoms with Crippen LogP contribution in [0.1, 0.15) is 17.7 Å². The van der Waals surface area contributed by atoms with Crippen molar-refractivity contribution in [2.45, 2.75) is 13.0 Å². The Hall–Kier alpha value is -1.30. The maximum atomic E-state index is 12.5. The lowest BCUT2D eigenvalue weighted by atomic mass is 10.2. The van der Waals surface area contributed by atoms with Crippen molar-refractivity contribution in [1.29, 1.82) is 0 Å². The first-order valence-electron chi connectivity index (χ1n) is 4.15. The molecule has 1 heterocycles. The summed E-state index contributed by atoms with van der Waals surface area (Å²) in [5.74, 6) is 0.208. The molecule has 2 N–H and O–H groups in total. The average Bonchev–Trinajstić information content (AvgIpc) is 2.18. The van der Waals surface area contributed by atoms with Crippen LogP contribution in [0.4, 0.5) is 14.7 Å². The number of anilines is 1. The van der Waals surface area contributed by atoms with E-state index in [1.807, 2.05) is 0 Å². The molecular formula is C8H12F2N4. The predicted molar refractivity (Wildman–Crippen MR) is 49.3 cm³/mol. The highest BCUT2D eigenvalue weighted by molar-refractivity contribution is 5.29. The fourth-order valence-electron chi connectivity index (χ4n) is 1.06. The Morgan fingerprint density at radius 1 is 1.43 bits per heavy atom. The number of nitrogens with zero attached hydrogens (tertiary/aromatic N) is 2. The number of hydrogen-bond donors (Lipinski definition) is 2. The van der Waals surface area contributed by atoms with Gasteiger partial charge in [-0.05, 0) is 7.05 Å². The van der Waals surface area contributed by atoms with Crippen LogP contribution in [0.5, 0.6) is 0 Å². The van der Waals surface area contributed by atoms with Crippen molar-refractivity contribution in [1.82, 2.24) is 15.3 Å². The number of halogens is 2. The van der Waals surface area contributed by atoms with Gasteiger partial charge in [0.05, 0.1) is 0 Å². The summed E-state index contributed by atoms with van der Waals surface area (Å²) in [5.41, 5.74) is 0.195. The summed E-state index contributed by atoms with van der Waals surface area (Å²) in [6, 6.07) is 0. The summed E-state index contributed by atoms with van der Waals surface area (Å²) in [6.45, 7) is 0.337. The maximum absolute atomic E-state index is 12.5. The van der Waals surface area contributed by atoms with E-state index < -0.39 is 6.43 Å². The number of rotatable bonds is 4. The monoisotopic (exact) mass is 202 g/mol. The molecule has 0 spiro atoms. The van der Waals surface area contributed by atoms with Crippen molar-refractivity contribution in [3.05, 3.63) is 17.5 Å². The molecule has 6 heteroatoms. The van der Waals surface area contributed by atoms with Crippen LogP contribution in [0, 0.1) is 0 Å². The fourth-order valence-corrected chi connectivity index (χ4v) is 1.06. The molecule has 0 saturated carbocycles. The van der Waals surface area contributed by atoms with E-state index in [0.29, 0.717) is 12.1 Å². The third-order valence-corrected chi connectivity index (χ3v) is 1.70. The highest BCUT2D eigenvalue weighted by Gasteiger charge is 2.15. The van der Waals surface area contributed by atoms with E-state index in [9.17, 15) is 8.78 Å². The smallest absolute Gasteiger partial charge is 0.280 e. The molecule has 4 nitrogen and oxygen atoms in total. The van der Waals surface area contributed by atoms with Crippen LogP contribution in [-0.4, -0.2) is 24.1 Å². The molecule has 14 heavy (non-hydrogen) atoms. The summed E-state index contributed by atoms with van der Waals surface area (Å²) in [5, 5.41) is 5.40. The van der Waals surface area contributed by atoms with E-state index in [4.69, 9.17) is 0 Å². The van der Waals surface area contributed by atoms with E-state index in [-0.39, 0.29) is 11.6 Å². The number of hydrogen-bond acceptors (Lipinski definition) is 4. The Morgan fingerprint density at radius 3 is 2.64 bits per heavy atom. The molecule has 78 valence electrons. The van der Waals surface area contributed by atoms with Crippen LogP contribution in [0.3, 0.4) is 0 Å². The van der Waals surface area contributed by atoms with Crippen LogP contribution in [0.15, 0.2) is 6.20 Å². The fraction of sp³-hybridized carbons (Fsp3) is 0.500. The Morgan fingerprint density at radius 2 is 2.14 bits per heavy atom. The van der Waals surface area contributed by atoms with Crippen LogP contribution in [0.2, 0.25) is 0 Å². The molecule has 0 unspecified atom stereocenters. The second-order valence-electron chi connectivity index (χ2n) is 2.69. The highest BCUT2D eigenvalue weighted by Crippen LogP contribution is 2.21. The highest BCUT2D eigenvalue weighted by atomic mass is 19.3. The first-order chi connectivity index (χ1) is 6.69. The lowest BCUT2D eigenvalue weighted by Gasteiger charge is -2.08. The minimum atomic E-state index is -2.58. The first-order valence-corrected chi connectivity index (χ1v) is 4.15. The Kier molecular flexibility index (Phi) is 3.70. The molecule has 0 fully saturated rings. The van der Waals surface area contributed by atoms with Crippen molar-refractivity contribution in [3.63, 3.8) is 0 Å². The number of nitrogens with one attached hydrogen (secondary N) is 2. The topological polar surface area (TPSA) is 49.8 Å². The largest absolute Gasteiger partial charge is 0.357 e. The molecule has 0 saturated heterocycles. The number of aromatic nitrogens is 2. The average molecular weight is 202 g/mol. The van der Waals surface area contributed by atoms with E-state index >= 15 is 0 Å². The standard InChI is InChI=1S/C8H12F2N4/c1-11-3-5-4-13-8(12-2)14-6(5)7(9)10/h4,7,11H,3H2,1-2H3,(H,12,13,14). The van der Waals surface area contributed by atoms with Gasteiger partial charge in [-0.25, -0.2) is 18.7 Å². The second kappa shape index (κ2) is 4.80. The van der Waals surface area contributed by atoms with E-state index in [1.54, 1.807) is 14.1 Å². The van der Waals surface area contributed by atoms with Gasteiger partial charge in [0.1, 0.15) is 5.69 Å². The Labute approximate surface area is 80.8 Å². The van der Waals surface area contributed by atoms with Gasteiger partial charge < -0.3 is 10.6 Å². The van der Waals surface area contributed by atoms with Gasteiger partial charge in [-0.15, -0.1) is 0 Å². The second-order valence-corrected chi connectivity index (χ2v) is 2.69. The van der Waals surface area contributed by atoms with Crippen LogP contribution in [-0.2, 0) is 6.54 Å². The molecule has 1 rings (SSSR count). The zero-order chi connectivity index (χ0) is 10.6. The van der Waals surface area contributed by atoms with Crippen LogP contribution < -0.4 is 10.6 Å². The van der Waals surface area contributed by atoms with Crippen molar-refractivity contribution >= 4 is 5.95 Å². The van der Waals surface area contributed by atoms with E-state index in [2.05, 4.69) is 20.6 Å². The molecule has 0 aromatic carbocycles. The summed E-state index contributed by atoms with van der Waals surface area (Å²) < 4.78 is 25.0.